The molecule has 4 heteroatoms. The SMILES string of the molecule is CNC(=O)CCOc1ccc2c(c1)C(NC)CCC2. The van der Waals surface area contributed by atoms with E-state index in [1.165, 1.54) is 24.0 Å². The summed E-state index contributed by atoms with van der Waals surface area (Å²) in [7, 11) is 3.64. The van der Waals surface area contributed by atoms with E-state index in [0.29, 0.717) is 19.1 Å². The molecule has 0 heterocycles. The van der Waals surface area contributed by atoms with Gasteiger partial charge in [-0.25, -0.2) is 0 Å². The zero-order valence-corrected chi connectivity index (χ0v) is 11.7. The maximum absolute atomic E-state index is 11.1. The predicted molar refractivity (Wildman–Crippen MR) is 75.4 cm³/mol. The predicted octanol–water partition coefficient (Wildman–Crippen LogP) is 1.80. The summed E-state index contributed by atoms with van der Waals surface area (Å²) in [6, 6.07) is 6.68. The molecule has 0 saturated carbocycles. The van der Waals surface area contributed by atoms with Crippen LogP contribution in [-0.2, 0) is 11.2 Å². The van der Waals surface area contributed by atoms with Gasteiger partial charge < -0.3 is 15.4 Å². The molecule has 2 rings (SSSR count). The number of nitrogens with one attached hydrogen (secondary N) is 2. The Bertz CT molecular complexity index is 446. The van der Waals surface area contributed by atoms with Crippen molar-refractivity contribution < 1.29 is 9.53 Å². The highest BCUT2D eigenvalue weighted by atomic mass is 16.5. The summed E-state index contributed by atoms with van der Waals surface area (Å²) in [5.74, 6) is 0.857. The summed E-state index contributed by atoms with van der Waals surface area (Å²) < 4.78 is 5.65. The van der Waals surface area contributed by atoms with Gasteiger partial charge in [0, 0.05) is 13.1 Å². The average Bonchev–Trinajstić information content (AvgIpc) is 2.46. The molecule has 1 aromatic rings. The molecule has 0 aliphatic heterocycles. The van der Waals surface area contributed by atoms with Gasteiger partial charge in [-0.1, -0.05) is 6.07 Å². The zero-order valence-electron chi connectivity index (χ0n) is 11.7. The molecular formula is C15H22N2O2. The molecule has 1 unspecified atom stereocenters. The van der Waals surface area contributed by atoms with Gasteiger partial charge in [-0.3, -0.25) is 4.79 Å². The Morgan fingerprint density at radius 2 is 2.26 bits per heavy atom. The van der Waals surface area contributed by atoms with E-state index in [2.05, 4.69) is 22.8 Å². The highest BCUT2D eigenvalue weighted by molar-refractivity contribution is 5.75. The monoisotopic (exact) mass is 262 g/mol. The molecule has 1 amide bonds. The number of carbonyl (C=O) groups excluding carboxylic acids is 1. The maximum Gasteiger partial charge on any atom is 0.223 e. The lowest BCUT2D eigenvalue weighted by Crippen LogP contribution is -2.22. The number of aryl methyl sites for hydroxylation is 1. The van der Waals surface area contributed by atoms with Crippen LogP contribution in [0.3, 0.4) is 0 Å². The Kier molecular flexibility index (Phi) is 4.80. The summed E-state index contributed by atoms with van der Waals surface area (Å²) in [6.45, 7) is 0.419. The molecule has 0 fully saturated rings. The van der Waals surface area contributed by atoms with E-state index in [1.807, 2.05) is 13.1 Å². The first-order valence-corrected chi connectivity index (χ1v) is 6.88. The summed E-state index contributed by atoms with van der Waals surface area (Å²) in [5.41, 5.74) is 2.75. The minimum Gasteiger partial charge on any atom is -0.493 e. The molecule has 0 spiro atoms. The van der Waals surface area contributed by atoms with Crippen LogP contribution in [0.15, 0.2) is 18.2 Å². The van der Waals surface area contributed by atoms with E-state index < -0.39 is 0 Å². The maximum atomic E-state index is 11.1. The first kappa shape index (κ1) is 13.9. The Labute approximate surface area is 114 Å². The van der Waals surface area contributed by atoms with Crippen LogP contribution in [0.5, 0.6) is 5.75 Å². The van der Waals surface area contributed by atoms with Crippen molar-refractivity contribution in [3.63, 3.8) is 0 Å². The highest BCUT2D eigenvalue weighted by Crippen LogP contribution is 2.32. The van der Waals surface area contributed by atoms with Crippen molar-refractivity contribution in [2.45, 2.75) is 31.7 Å². The molecule has 1 aliphatic carbocycles. The standard InChI is InChI=1S/C15H22N2O2/c1-16-14-5-3-4-11-6-7-12(10-13(11)14)19-9-8-15(18)17-2/h6-7,10,14,16H,3-5,8-9H2,1-2H3,(H,17,18). The van der Waals surface area contributed by atoms with Crippen molar-refractivity contribution in [1.29, 1.82) is 0 Å². The summed E-state index contributed by atoms with van der Waals surface area (Å²) in [5, 5.41) is 5.94. The first-order chi connectivity index (χ1) is 9.24. The van der Waals surface area contributed by atoms with E-state index in [-0.39, 0.29) is 5.91 Å². The fraction of sp³-hybridized carbons (Fsp3) is 0.533. The molecule has 19 heavy (non-hydrogen) atoms. The van der Waals surface area contributed by atoms with Crippen LogP contribution >= 0.6 is 0 Å². The van der Waals surface area contributed by atoms with Crippen LogP contribution in [0.4, 0.5) is 0 Å². The van der Waals surface area contributed by atoms with Gasteiger partial charge in [-0.15, -0.1) is 0 Å². The summed E-state index contributed by atoms with van der Waals surface area (Å²) in [6.07, 6.45) is 3.94. The normalized spacial score (nSPS) is 17.7. The van der Waals surface area contributed by atoms with Crippen molar-refractivity contribution in [3.05, 3.63) is 29.3 Å². The van der Waals surface area contributed by atoms with E-state index in [4.69, 9.17) is 4.74 Å². The average molecular weight is 262 g/mol. The number of amides is 1. The molecule has 0 aromatic heterocycles. The largest absolute Gasteiger partial charge is 0.493 e. The Morgan fingerprint density at radius 3 is 3.00 bits per heavy atom. The van der Waals surface area contributed by atoms with E-state index in [0.717, 1.165) is 12.2 Å². The molecule has 104 valence electrons. The van der Waals surface area contributed by atoms with Gasteiger partial charge in [0.15, 0.2) is 0 Å². The van der Waals surface area contributed by atoms with Crippen molar-refractivity contribution in [3.8, 4) is 5.75 Å². The second-order valence-corrected chi connectivity index (χ2v) is 4.87. The van der Waals surface area contributed by atoms with Gasteiger partial charge in [-0.05, 0) is 49.6 Å². The van der Waals surface area contributed by atoms with Crippen molar-refractivity contribution in [1.82, 2.24) is 10.6 Å². The second-order valence-electron chi connectivity index (χ2n) is 4.87. The highest BCUT2D eigenvalue weighted by Gasteiger charge is 2.19. The van der Waals surface area contributed by atoms with Crippen LogP contribution in [0.2, 0.25) is 0 Å². The number of carbonyl (C=O) groups is 1. The van der Waals surface area contributed by atoms with Crippen molar-refractivity contribution in [2.24, 2.45) is 0 Å². The molecule has 0 bridgehead atoms. The minimum absolute atomic E-state index is 0.00561. The third-order valence-corrected chi connectivity index (χ3v) is 3.66. The fourth-order valence-corrected chi connectivity index (χ4v) is 2.55. The molecule has 0 radical (unpaired) electrons. The summed E-state index contributed by atoms with van der Waals surface area (Å²) >= 11 is 0. The van der Waals surface area contributed by atoms with Crippen molar-refractivity contribution >= 4 is 5.91 Å². The molecule has 1 aromatic carbocycles. The lowest BCUT2D eigenvalue weighted by molar-refractivity contribution is -0.121. The Balaban J connectivity index is 2.01. The molecule has 4 nitrogen and oxygen atoms in total. The topological polar surface area (TPSA) is 50.4 Å². The smallest absolute Gasteiger partial charge is 0.223 e. The number of fused-ring (bicyclic) bond motifs is 1. The van der Waals surface area contributed by atoms with Crippen LogP contribution in [0, 0.1) is 0 Å². The van der Waals surface area contributed by atoms with E-state index >= 15 is 0 Å². The third kappa shape index (κ3) is 3.47. The lowest BCUT2D eigenvalue weighted by Gasteiger charge is -2.25. The van der Waals surface area contributed by atoms with Crippen LogP contribution in [-0.4, -0.2) is 26.6 Å². The molecule has 1 aliphatic rings. The molecular weight excluding hydrogens is 240 g/mol. The van der Waals surface area contributed by atoms with Gasteiger partial charge in [0.05, 0.1) is 13.0 Å². The summed E-state index contributed by atoms with van der Waals surface area (Å²) in [4.78, 5) is 11.1. The number of rotatable bonds is 5. The zero-order chi connectivity index (χ0) is 13.7. The van der Waals surface area contributed by atoms with Gasteiger partial charge in [-0.2, -0.15) is 0 Å². The fourth-order valence-electron chi connectivity index (χ4n) is 2.55. The molecule has 2 N–H and O–H groups in total. The quantitative estimate of drug-likeness (QED) is 0.850. The van der Waals surface area contributed by atoms with E-state index in [9.17, 15) is 4.79 Å². The first-order valence-electron chi connectivity index (χ1n) is 6.88. The third-order valence-electron chi connectivity index (χ3n) is 3.66. The molecule has 1 atom stereocenters. The van der Waals surface area contributed by atoms with Crippen LogP contribution < -0.4 is 15.4 Å². The second kappa shape index (κ2) is 6.57. The van der Waals surface area contributed by atoms with Gasteiger partial charge >= 0.3 is 0 Å². The van der Waals surface area contributed by atoms with Gasteiger partial charge in [0.1, 0.15) is 5.75 Å². The van der Waals surface area contributed by atoms with Crippen LogP contribution in [0.1, 0.15) is 36.4 Å². The molecule has 0 saturated heterocycles. The number of benzene rings is 1. The van der Waals surface area contributed by atoms with Gasteiger partial charge in [0.25, 0.3) is 0 Å². The van der Waals surface area contributed by atoms with Gasteiger partial charge in [0.2, 0.25) is 5.91 Å². The lowest BCUT2D eigenvalue weighted by atomic mass is 9.87. The Morgan fingerprint density at radius 1 is 1.42 bits per heavy atom. The number of ether oxygens (including phenoxy) is 1. The van der Waals surface area contributed by atoms with E-state index in [1.54, 1.807) is 7.05 Å². The number of hydrogen-bond donors (Lipinski definition) is 2. The van der Waals surface area contributed by atoms with Crippen LogP contribution in [0.25, 0.3) is 0 Å². The van der Waals surface area contributed by atoms with Crippen molar-refractivity contribution in [2.75, 3.05) is 20.7 Å². The Hall–Kier alpha value is -1.55. The number of hydrogen-bond acceptors (Lipinski definition) is 3. The minimum atomic E-state index is 0.00561.